The van der Waals surface area contributed by atoms with E-state index < -0.39 is 25.9 Å². The van der Waals surface area contributed by atoms with Crippen molar-refractivity contribution in [3.8, 4) is 23.6 Å². The minimum atomic E-state index is -1.43. The van der Waals surface area contributed by atoms with Gasteiger partial charge in [-0.1, -0.05) is 13.8 Å². The number of nitrogens with zero attached hydrogens (tertiary/aromatic N) is 4. The smallest absolute Gasteiger partial charge is 0.276 e. The van der Waals surface area contributed by atoms with Crippen LogP contribution in [0.1, 0.15) is 38.2 Å². The Kier molecular flexibility index (Phi) is 5.23. The van der Waals surface area contributed by atoms with Crippen molar-refractivity contribution in [3.63, 3.8) is 0 Å². The molecular formula is C20H21N5O4S2. The summed E-state index contributed by atoms with van der Waals surface area (Å²) in [5.74, 6) is 1.34. The van der Waals surface area contributed by atoms with Gasteiger partial charge in [0.25, 0.3) is 5.69 Å². The molecule has 2 aliphatic heterocycles. The number of hydrogen-bond acceptors (Lipinski definition) is 10. The zero-order valence-corrected chi connectivity index (χ0v) is 18.7. The molecule has 1 fully saturated rings. The molecule has 3 atom stereocenters. The highest BCUT2D eigenvalue weighted by atomic mass is 32.2. The van der Waals surface area contributed by atoms with Gasteiger partial charge in [0, 0.05) is 11.5 Å². The molecule has 0 amide bonds. The summed E-state index contributed by atoms with van der Waals surface area (Å²) < 4.78 is 9.72. The van der Waals surface area contributed by atoms with Gasteiger partial charge in [0.05, 0.1) is 23.1 Å². The second-order valence-electron chi connectivity index (χ2n) is 7.57. The van der Waals surface area contributed by atoms with Crippen LogP contribution in [-0.4, -0.2) is 33.3 Å². The highest BCUT2D eigenvalue weighted by Crippen LogP contribution is 2.86. The number of nitro groups is 1. The van der Waals surface area contributed by atoms with E-state index >= 15 is 0 Å². The number of ether oxygens (including phenoxy) is 2. The first-order valence-electron chi connectivity index (χ1n) is 9.93. The fourth-order valence-corrected chi connectivity index (χ4v) is 7.87. The van der Waals surface area contributed by atoms with Crippen LogP contribution in [0, 0.1) is 43.6 Å². The Hall–Kier alpha value is -2.63. The van der Waals surface area contributed by atoms with Gasteiger partial charge < -0.3 is 15.2 Å². The number of benzene rings is 1. The first-order chi connectivity index (χ1) is 14.9. The normalized spacial score (nSPS) is 28.9. The number of nitrogens with two attached hydrogens (primary N) is 1. The van der Waals surface area contributed by atoms with Crippen molar-refractivity contribution in [2.75, 3.05) is 18.3 Å². The van der Waals surface area contributed by atoms with Crippen LogP contribution in [-0.2, 0) is 0 Å². The predicted octanol–water partition coefficient (Wildman–Crippen LogP) is 3.75. The Morgan fingerprint density at radius 2 is 1.84 bits per heavy atom. The average Bonchev–Trinajstić information content (AvgIpc) is 3.01. The van der Waals surface area contributed by atoms with Gasteiger partial charge >= 0.3 is 0 Å². The number of aliphatic imine (C=N–C) groups is 1. The second-order valence-corrected chi connectivity index (χ2v) is 10.4. The molecule has 0 spiro atoms. The summed E-state index contributed by atoms with van der Waals surface area (Å²) in [6, 6.07) is 7.44. The molecule has 11 heteroatoms. The maximum atomic E-state index is 11.9. The van der Waals surface area contributed by atoms with Gasteiger partial charge in [0.2, 0.25) is 6.79 Å². The van der Waals surface area contributed by atoms with Gasteiger partial charge in [0.1, 0.15) is 16.7 Å². The van der Waals surface area contributed by atoms with E-state index in [2.05, 4.69) is 17.1 Å². The maximum Gasteiger partial charge on any atom is 0.276 e. The monoisotopic (exact) mass is 459 g/mol. The van der Waals surface area contributed by atoms with Crippen LogP contribution in [0.25, 0.3) is 0 Å². The average molecular weight is 460 g/mol. The molecule has 2 N–H and O–H groups in total. The van der Waals surface area contributed by atoms with Gasteiger partial charge in [-0.3, -0.25) is 10.1 Å². The second kappa shape index (κ2) is 7.50. The quantitative estimate of drug-likeness (QED) is 0.348. The lowest BCUT2D eigenvalue weighted by atomic mass is 9.97. The summed E-state index contributed by atoms with van der Waals surface area (Å²) in [6.07, 6.45) is 1.70. The van der Waals surface area contributed by atoms with Gasteiger partial charge in [0.15, 0.2) is 15.7 Å². The van der Waals surface area contributed by atoms with Crippen molar-refractivity contribution in [1.82, 2.24) is 0 Å². The van der Waals surface area contributed by atoms with E-state index in [1.54, 1.807) is 0 Å². The fourth-order valence-electron chi connectivity index (χ4n) is 4.64. The molecule has 2 heterocycles. The van der Waals surface area contributed by atoms with E-state index in [9.17, 15) is 20.6 Å². The van der Waals surface area contributed by atoms with Crippen LogP contribution in [0.5, 0.6) is 11.5 Å². The van der Waals surface area contributed by atoms with E-state index in [1.807, 2.05) is 13.8 Å². The number of thioether (sulfide) groups is 2. The van der Waals surface area contributed by atoms with Crippen LogP contribution in [0.3, 0.4) is 0 Å². The van der Waals surface area contributed by atoms with Crippen LogP contribution in [0.4, 0.5) is 5.69 Å². The molecule has 0 bridgehead atoms. The van der Waals surface area contributed by atoms with Crippen molar-refractivity contribution < 1.29 is 14.4 Å². The molecule has 3 aliphatic rings. The molecule has 1 saturated carbocycles. The Bertz CT molecular complexity index is 1060. The summed E-state index contributed by atoms with van der Waals surface area (Å²) in [6.45, 7) is 4.01. The van der Waals surface area contributed by atoms with Gasteiger partial charge in [-0.25, -0.2) is 4.99 Å². The first-order valence-corrected chi connectivity index (χ1v) is 11.9. The van der Waals surface area contributed by atoms with Gasteiger partial charge in [-0.2, -0.15) is 10.5 Å². The third-order valence-electron chi connectivity index (χ3n) is 5.96. The Labute approximate surface area is 188 Å². The van der Waals surface area contributed by atoms with E-state index in [0.29, 0.717) is 17.3 Å². The molecule has 9 nitrogen and oxygen atoms in total. The van der Waals surface area contributed by atoms with Crippen molar-refractivity contribution in [2.45, 2.75) is 36.8 Å². The van der Waals surface area contributed by atoms with E-state index in [4.69, 9.17) is 15.2 Å². The van der Waals surface area contributed by atoms with E-state index in [1.165, 1.54) is 35.7 Å². The maximum absolute atomic E-state index is 11.9. The summed E-state index contributed by atoms with van der Waals surface area (Å²) >= 11 is 2.99. The topological polar surface area (TPSA) is 148 Å². The van der Waals surface area contributed by atoms with Crippen LogP contribution < -0.4 is 15.2 Å². The molecule has 162 valence electrons. The fraction of sp³-hybridized carbons (Fsp3) is 0.550. The molecule has 0 radical (unpaired) electrons. The zero-order valence-electron chi connectivity index (χ0n) is 17.1. The molecular weight excluding hydrogens is 438 g/mol. The first kappa shape index (κ1) is 21.6. The van der Waals surface area contributed by atoms with Crippen LogP contribution >= 0.6 is 23.5 Å². The number of amidine groups is 1. The van der Waals surface area contributed by atoms with Crippen molar-refractivity contribution in [3.05, 3.63) is 27.8 Å². The minimum absolute atomic E-state index is 0.0420. The lowest BCUT2D eigenvalue weighted by Crippen LogP contribution is -2.32. The van der Waals surface area contributed by atoms with Gasteiger partial charge in [-0.05, 0) is 30.4 Å². The number of nitriles is 2. The molecule has 1 aromatic carbocycles. The number of nitro benzene ring substituents is 1. The number of rotatable bonds is 8. The number of fused-ring (bicyclic) bond motifs is 2. The standard InChI is InChI=1S/C20H21N5O4S2/c1-3-5-30-20(31-6-4-2)19(10-22)16(18(19,9-21)17(23)24-20)12-7-14-15(29-11-28-14)8-13(12)25(26)27/h7-8,16H,3-6,11H2,1-2H3,(H2,23,24). The molecule has 1 aromatic rings. The van der Waals surface area contributed by atoms with Crippen LogP contribution in [0.15, 0.2) is 17.1 Å². The predicted molar refractivity (Wildman–Crippen MR) is 118 cm³/mol. The molecule has 1 aliphatic carbocycles. The largest absolute Gasteiger partial charge is 0.454 e. The van der Waals surface area contributed by atoms with Crippen molar-refractivity contribution in [1.29, 1.82) is 10.5 Å². The summed E-state index contributed by atoms with van der Waals surface area (Å²) in [5.41, 5.74) is 3.63. The zero-order chi connectivity index (χ0) is 22.4. The SMILES string of the molecule is CCCSC1(SCCC)N=C(N)C2(C#N)C(c3cc4c(cc3[N+](=O)[O-])OCO4)C12C#N. The van der Waals surface area contributed by atoms with E-state index in [0.717, 1.165) is 12.8 Å². The third kappa shape index (κ3) is 2.60. The van der Waals surface area contributed by atoms with Crippen LogP contribution in [0.2, 0.25) is 0 Å². The third-order valence-corrected chi connectivity index (χ3v) is 9.50. The lowest BCUT2D eigenvalue weighted by Gasteiger charge is -2.32. The highest BCUT2D eigenvalue weighted by molar-refractivity contribution is 8.18. The Morgan fingerprint density at radius 1 is 1.23 bits per heavy atom. The van der Waals surface area contributed by atoms with Crippen molar-refractivity contribution in [2.24, 2.45) is 21.6 Å². The lowest BCUT2D eigenvalue weighted by molar-refractivity contribution is -0.385. The summed E-state index contributed by atoms with van der Waals surface area (Å²) in [7, 11) is 0. The minimum Gasteiger partial charge on any atom is -0.454 e. The Balaban J connectivity index is 1.94. The molecule has 0 aromatic heterocycles. The summed E-state index contributed by atoms with van der Waals surface area (Å²) in [5, 5.41) is 32.7. The number of hydrogen-bond donors (Lipinski definition) is 1. The molecule has 31 heavy (non-hydrogen) atoms. The Morgan fingerprint density at radius 3 is 2.35 bits per heavy atom. The van der Waals surface area contributed by atoms with Crippen molar-refractivity contribution >= 4 is 35.0 Å². The summed E-state index contributed by atoms with van der Waals surface area (Å²) in [4.78, 5) is 16.1. The molecule has 0 saturated heterocycles. The molecule has 4 rings (SSSR count). The highest BCUT2D eigenvalue weighted by Gasteiger charge is 2.92. The van der Waals surface area contributed by atoms with E-state index in [-0.39, 0.29) is 29.6 Å². The van der Waals surface area contributed by atoms with Gasteiger partial charge in [-0.15, -0.1) is 23.5 Å². The molecule has 3 unspecified atom stereocenters.